The number of nitrogens with zero attached hydrogens (tertiary/aromatic N) is 3. The van der Waals surface area contributed by atoms with Crippen molar-refractivity contribution in [1.82, 2.24) is 20.4 Å². The van der Waals surface area contributed by atoms with Gasteiger partial charge in [0.2, 0.25) is 5.65 Å². The van der Waals surface area contributed by atoms with E-state index in [1.165, 1.54) is 0 Å². The SMILES string of the molecule is c1cc2c(cc1-c1cnc3n[nH]nc3c1)OCCO2. The number of benzene rings is 1. The van der Waals surface area contributed by atoms with Gasteiger partial charge >= 0.3 is 0 Å². The third-order valence-electron chi connectivity index (χ3n) is 3.05. The Balaban J connectivity index is 1.82. The van der Waals surface area contributed by atoms with Crippen LogP contribution in [-0.4, -0.2) is 33.6 Å². The normalized spacial score (nSPS) is 13.7. The van der Waals surface area contributed by atoms with E-state index in [-0.39, 0.29) is 0 Å². The molecule has 19 heavy (non-hydrogen) atoms. The standard InChI is InChI=1S/C13H10N4O2/c1-2-11-12(19-4-3-18-11)6-8(1)9-5-10-13(14-7-9)16-17-15-10/h1-2,5-7H,3-4H2,(H,14,15,16,17). The van der Waals surface area contributed by atoms with Gasteiger partial charge in [-0.1, -0.05) is 6.07 Å². The zero-order valence-electron chi connectivity index (χ0n) is 9.96. The Morgan fingerprint density at radius 3 is 2.79 bits per heavy atom. The van der Waals surface area contributed by atoms with E-state index in [9.17, 15) is 0 Å². The van der Waals surface area contributed by atoms with Crippen LogP contribution in [0.15, 0.2) is 30.5 Å². The number of aromatic amines is 1. The molecule has 0 saturated heterocycles. The quantitative estimate of drug-likeness (QED) is 0.716. The first-order valence-corrected chi connectivity index (χ1v) is 5.97. The van der Waals surface area contributed by atoms with Crippen molar-refractivity contribution in [2.24, 2.45) is 0 Å². The smallest absolute Gasteiger partial charge is 0.201 e. The predicted molar refractivity (Wildman–Crippen MR) is 68.1 cm³/mol. The first-order valence-electron chi connectivity index (χ1n) is 5.97. The minimum Gasteiger partial charge on any atom is -0.486 e. The van der Waals surface area contributed by atoms with Crippen molar-refractivity contribution in [2.45, 2.75) is 0 Å². The summed E-state index contributed by atoms with van der Waals surface area (Å²) in [5, 5.41) is 10.5. The van der Waals surface area contributed by atoms with E-state index in [4.69, 9.17) is 9.47 Å². The third kappa shape index (κ3) is 1.69. The molecule has 1 aromatic carbocycles. The second kappa shape index (κ2) is 3.94. The van der Waals surface area contributed by atoms with E-state index in [2.05, 4.69) is 20.4 Å². The second-order valence-corrected chi connectivity index (χ2v) is 4.25. The lowest BCUT2D eigenvalue weighted by Gasteiger charge is -2.18. The van der Waals surface area contributed by atoms with E-state index in [0.29, 0.717) is 18.9 Å². The van der Waals surface area contributed by atoms with Gasteiger partial charge in [0.15, 0.2) is 11.5 Å². The highest BCUT2D eigenvalue weighted by molar-refractivity contribution is 5.77. The van der Waals surface area contributed by atoms with Gasteiger partial charge in [-0.3, -0.25) is 0 Å². The molecule has 1 aliphatic rings. The minimum absolute atomic E-state index is 0.580. The maximum atomic E-state index is 5.58. The fraction of sp³-hybridized carbons (Fsp3) is 0.154. The zero-order valence-corrected chi connectivity index (χ0v) is 9.96. The molecule has 1 N–H and O–H groups in total. The first-order chi connectivity index (χ1) is 9.40. The Kier molecular flexibility index (Phi) is 2.14. The van der Waals surface area contributed by atoms with Gasteiger partial charge in [-0.15, -0.1) is 5.10 Å². The predicted octanol–water partition coefficient (Wildman–Crippen LogP) is 1.79. The number of aromatic nitrogens is 4. The molecule has 3 heterocycles. The van der Waals surface area contributed by atoms with Gasteiger partial charge in [0.1, 0.15) is 18.7 Å². The van der Waals surface area contributed by atoms with Gasteiger partial charge in [0.25, 0.3) is 0 Å². The third-order valence-corrected chi connectivity index (χ3v) is 3.05. The average Bonchev–Trinajstić information content (AvgIpc) is 2.94. The lowest BCUT2D eigenvalue weighted by molar-refractivity contribution is 0.171. The molecule has 0 atom stereocenters. The molecule has 0 spiro atoms. The molecular weight excluding hydrogens is 244 g/mol. The van der Waals surface area contributed by atoms with Crippen LogP contribution in [0.25, 0.3) is 22.3 Å². The Hall–Kier alpha value is -2.63. The number of ether oxygens (including phenoxy) is 2. The molecule has 0 bridgehead atoms. The zero-order chi connectivity index (χ0) is 12.7. The number of hydrogen-bond acceptors (Lipinski definition) is 5. The second-order valence-electron chi connectivity index (χ2n) is 4.25. The Bertz CT molecular complexity index is 753. The number of nitrogens with one attached hydrogen (secondary N) is 1. The first kappa shape index (κ1) is 10.3. The average molecular weight is 254 g/mol. The summed E-state index contributed by atoms with van der Waals surface area (Å²) in [6.07, 6.45) is 1.77. The van der Waals surface area contributed by atoms with Crippen LogP contribution in [0.5, 0.6) is 11.5 Å². The lowest BCUT2D eigenvalue weighted by atomic mass is 10.1. The number of pyridine rings is 1. The van der Waals surface area contributed by atoms with E-state index in [1.807, 2.05) is 24.3 Å². The molecule has 0 radical (unpaired) electrons. The molecule has 3 aromatic rings. The van der Waals surface area contributed by atoms with Gasteiger partial charge in [0, 0.05) is 11.8 Å². The number of fused-ring (bicyclic) bond motifs is 2. The topological polar surface area (TPSA) is 72.9 Å². The minimum atomic E-state index is 0.580. The van der Waals surface area contributed by atoms with Crippen LogP contribution in [0.2, 0.25) is 0 Å². The van der Waals surface area contributed by atoms with Crippen molar-refractivity contribution in [3.05, 3.63) is 30.5 Å². The van der Waals surface area contributed by atoms with Crippen molar-refractivity contribution in [3.63, 3.8) is 0 Å². The number of rotatable bonds is 1. The van der Waals surface area contributed by atoms with Gasteiger partial charge in [0.05, 0.1) is 0 Å². The van der Waals surface area contributed by atoms with Crippen molar-refractivity contribution in [3.8, 4) is 22.6 Å². The Labute approximate surface area is 108 Å². The highest BCUT2D eigenvalue weighted by Crippen LogP contribution is 2.34. The summed E-state index contributed by atoms with van der Waals surface area (Å²) in [6.45, 7) is 1.18. The van der Waals surface area contributed by atoms with Crippen LogP contribution in [0.4, 0.5) is 0 Å². The molecule has 0 amide bonds. The summed E-state index contributed by atoms with van der Waals surface area (Å²) in [7, 11) is 0. The van der Waals surface area contributed by atoms with E-state index in [1.54, 1.807) is 6.20 Å². The number of H-pyrrole nitrogens is 1. The van der Waals surface area contributed by atoms with Crippen LogP contribution in [-0.2, 0) is 0 Å². The van der Waals surface area contributed by atoms with Crippen LogP contribution in [0, 0.1) is 0 Å². The van der Waals surface area contributed by atoms with Gasteiger partial charge < -0.3 is 9.47 Å². The summed E-state index contributed by atoms with van der Waals surface area (Å²) < 4.78 is 11.1. The summed E-state index contributed by atoms with van der Waals surface area (Å²) in [5.41, 5.74) is 3.34. The molecule has 6 nitrogen and oxygen atoms in total. The molecule has 1 aliphatic heterocycles. The molecule has 0 unspecified atom stereocenters. The highest BCUT2D eigenvalue weighted by atomic mass is 16.6. The van der Waals surface area contributed by atoms with E-state index < -0.39 is 0 Å². The monoisotopic (exact) mass is 254 g/mol. The van der Waals surface area contributed by atoms with Gasteiger partial charge in [-0.05, 0) is 23.8 Å². The fourth-order valence-electron chi connectivity index (χ4n) is 2.12. The maximum absolute atomic E-state index is 5.58. The maximum Gasteiger partial charge on any atom is 0.201 e. The Morgan fingerprint density at radius 2 is 1.84 bits per heavy atom. The van der Waals surface area contributed by atoms with Gasteiger partial charge in [-0.25, -0.2) is 4.98 Å². The highest BCUT2D eigenvalue weighted by Gasteiger charge is 2.13. The fourth-order valence-corrected chi connectivity index (χ4v) is 2.12. The van der Waals surface area contributed by atoms with Crippen LogP contribution >= 0.6 is 0 Å². The molecular formula is C13H10N4O2. The van der Waals surface area contributed by atoms with Crippen LogP contribution in [0.3, 0.4) is 0 Å². The van der Waals surface area contributed by atoms with Crippen molar-refractivity contribution >= 4 is 11.2 Å². The molecule has 94 valence electrons. The largest absolute Gasteiger partial charge is 0.486 e. The van der Waals surface area contributed by atoms with Crippen LogP contribution < -0.4 is 9.47 Å². The lowest BCUT2D eigenvalue weighted by Crippen LogP contribution is -2.15. The van der Waals surface area contributed by atoms with E-state index in [0.717, 1.165) is 28.1 Å². The summed E-state index contributed by atoms with van der Waals surface area (Å²) in [5.74, 6) is 1.55. The van der Waals surface area contributed by atoms with Crippen molar-refractivity contribution in [1.29, 1.82) is 0 Å². The summed E-state index contributed by atoms with van der Waals surface area (Å²) in [4.78, 5) is 4.25. The van der Waals surface area contributed by atoms with E-state index >= 15 is 0 Å². The molecule has 0 fully saturated rings. The molecule has 0 saturated carbocycles. The molecule has 4 rings (SSSR count). The van der Waals surface area contributed by atoms with Crippen molar-refractivity contribution < 1.29 is 9.47 Å². The molecule has 2 aromatic heterocycles. The summed E-state index contributed by atoms with van der Waals surface area (Å²) in [6, 6.07) is 7.79. The Morgan fingerprint density at radius 1 is 0.947 bits per heavy atom. The van der Waals surface area contributed by atoms with Crippen molar-refractivity contribution in [2.75, 3.05) is 13.2 Å². The summed E-state index contributed by atoms with van der Waals surface area (Å²) >= 11 is 0. The number of hydrogen-bond donors (Lipinski definition) is 1. The van der Waals surface area contributed by atoms with Crippen LogP contribution in [0.1, 0.15) is 0 Å². The molecule has 6 heteroatoms. The molecule has 0 aliphatic carbocycles. The van der Waals surface area contributed by atoms with Gasteiger partial charge in [-0.2, -0.15) is 10.3 Å².